The summed E-state index contributed by atoms with van der Waals surface area (Å²) >= 11 is 0. The lowest BCUT2D eigenvalue weighted by atomic mass is 10.7. The first kappa shape index (κ1) is 11.4. The Morgan fingerprint density at radius 3 is 1.78 bits per heavy atom. The Balaban J connectivity index is 0. The zero-order valence-electron chi connectivity index (χ0n) is 5.66. The molecule has 4 heteroatoms. The van der Waals surface area contributed by atoms with E-state index < -0.39 is 6.29 Å². The van der Waals surface area contributed by atoms with Crippen LogP contribution in [-0.4, -0.2) is 39.0 Å². The lowest BCUT2D eigenvalue weighted by molar-refractivity contribution is -0.127. The molecule has 0 radical (unpaired) electrons. The third-order valence-corrected chi connectivity index (χ3v) is 0.675. The van der Waals surface area contributed by atoms with Crippen molar-refractivity contribution in [1.82, 2.24) is 0 Å². The van der Waals surface area contributed by atoms with Crippen molar-refractivity contribution in [2.75, 3.05) is 20.8 Å². The van der Waals surface area contributed by atoms with Gasteiger partial charge in [0.1, 0.15) is 6.79 Å². The summed E-state index contributed by atoms with van der Waals surface area (Å²) < 4.78 is 9.15. The fraction of sp³-hybridized carbons (Fsp3) is 0.800. The molecule has 0 aromatic carbocycles. The van der Waals surface area contributed by atoms with E-state index in [-0.39, 0.29) is 6.61 Å². The summed E-state index contributed by atoms with van der Waals surface area (Å²) in [5.41, 5.74) is 0. The Morgan fingerprint density at radius 2 is 1.78 bits per heavy atom. The number of hydrogen-bond acceptors (Lipinski definition) is 4. The molecule has 0 aliphatic rings. The molecular formula is C5H12O4. The van der Waals surface area contributed by atoms with Crippen LogP contribution >= 0.6 is 0 Å². The molecule has 0 unspecified atom stereocenters. The molecule has 0 fully saturated rings. The quantitative estimate of drug-likeness (QED) is 0.527. The fourth-order valence-corrected chi connectivity index (χ4v) is 0.245. The van der Waals surface area contributed by atoms with Gasteiger partial charge in [0.2, 0.25) is 0 Å². The Labute approximate surface area is 54.4 Å². The summed E-state index contributed by atoms with van der Waals surface area (Å²) in [6, 6.07) is 0. The molecule has 0 saturated heterocycles. The van der Waals surface area contributed by atoms with E-state index >= 15 is 0 Å². The van der Waals surface area contributed by atoms with Crippen LogP contribution in [0.15, 0.2) is 0 Å². The molecule has 0 aliphatic carbocycles. The van der Waals surface area contributed by atoms with Crippen molar-refractivity contribution in [2.24, 2.45) is 0 Å². The van der Waals surface area contributed by atoms with Crippen LogP contribution in [0.5, 0.6) is 0 Å². The number of aliphatic hydroxyl groups excluding tert-OH is 1. The van der Waals surface area contributed by atoms with E-state index in [9.17, 15) is 0 Å². The summed E-state index contributed by atoms with van der Waals surface area (Å²) in [6.45, 7) is 1.91. The fourth-order valence-electron chi connectivity index (χ4n) is 0.245. The van der Waals surface area contributed by atoms with Crippen LogP contribution in [-0.2, 0) is 14.3 Å². The molecule has 0 atom stereocenters. The predicted octanol–water partition coefficient (Wildman–Crippen LogP) is -0.587. The van der Waals surface area contributed by atoms with Gasteiger partial charge in [-0.15, -0.1) is 0 Å². The van der Waals surface area contributed by atoms with Gasteiger partial charge in [0.05, 0.1) is 6.61 Å². The van der Waals surface area contributed by atoms with Crippen LogP contribution in [0.2, 0.25) is 0 Å². The lowest BCUT2D eigenvalue weighted by Gasteiger charge is -2.07. The molecule has 56 valence electrons. The summed E-state index contributed by atoms with van der Waals surface area (Å²) in [6.07, 6.45) is -0.458. The van der Waals surface area contributed by atoms with Crippen LogP contribution in [0.4, 0.5) is 0 Å². The van der Waals surface area contributed by atoms with Crippen molar-refractivity contribution in [2.45, 2.75) is 6.29 Å². The largest absolute Gasteiger partial charge is 0.391 e. The van der Waals surface area contributed by atoms with Gasteiger partial charge in [0, 0.05) is 14.2 Å². The minimum Gasteiger partial charge on any atom is -0.391 e. The second-order valence-corrected chi connectivity index (χ2v) is 1.08. The highest BCUT2D eigenvalue weighted by atomic mass is 16.7. The number of methoxy groups -OCH3 is 2. The molecule has 0 bridgehead atoms. The highest BCUT2D eigenvalue weighted by molar-refractivity contribution is 5.10. The zero-order valence-corrected chi connectivity index (χ0v) is 5.66. The molecule has 0 aromatic rings. The minimum absolute atomic E-state index is 0.0903. The molecule has 0 aliphatic heterocycles. The smallest absolute Gasteiger partial charge is 0.179 e. The average molecular weight is 136 g/mol. The van der Waals surface area contributed by atoms with Crippen molar-refractivity contribution >= 4 is 6.79 Å². The first-order chi connectivity index (χ1) is 4.35. The summed E-state index contributed by atoms with van der Waals surface area (Å²) in [7, 11) is 2.95. The van der Waals surface area contributed by atoms with E-state index in [1.165, 1.54) is 14.2 Å². The molecule has 4 nitrogen and oxygen atoms in total. The maximum Gasteiger partial charge on any atom is 0.179 e. The molecule has 0 heterocycles. The first-order valence-electron chi connectivity index (χ1n) is 2.30. The molecule has 9 heavy (non-hydrogen) atoms. The van der Waals surface area contributed by atoms with Crippen molar-refractivity contribution in [1.29, 1.82) is 0 Å². The van der Waals surface area contributed by atoms with Crippen LogP contribution in [0.1, 0.15) is 0 Å². The van der Waals surface area contributed by atoms with Gasteiger partial charge in [-0.1, -0.05) is 0 Å². The molecular weight excluding hydrogens is 124 g/mol. The van der Waals surface area contributed by atoms with Gasteiger partial charge >= 0.3 is 0 Å². The molecule has 0 saturated carbocycles. The maximum atomic E-state index is 8.28. The summed E-state index contributed by atoms with van der Waals surface area (Å²) in [4.78, 5) is 8.00. The zero-order chi connectivity index (χ0) is 7.70. The van der Waals surface area contributed by atoms with Gasteiger partial charge in [-0.05, 0) is 0 Å². The monoisotopic (exact) mass is 136 g/mol. The van der Waals surface area contributed by atoms with Crippen LogP contribution in [0.25, 0.3) is 0 Å². The minimum atomic E-state index is -0.458. The Morgan fingerprint density at radius 1 is 1.44 bits per heavy atom. The number of rotatable bonds is 3. The standard InChI is InChI=1S/C4H10O3.CH2O/c1-6-4(3-5)7-2;1-2/h4-5H,3H2,1-2H3;1H2. The Hall–Kier alpha value is -0.450. The van der Waals surface area contributed by atoms with Gasteiger partial charge in [-0.3, -0.25) is 0 Å². The van der Waals surface area contributed by atoms with Crippen molar-refractivity contribution in [3.63, 3.8) is 0 Å². The summed E-state index contributed by atoms with van der Waals surface area (Å²) in [5.74, 6) is 0. The maximum absolute atomic E-state index is 8.28. The van der Waals surface area contributed by atoms with Gasteiger partial charge in [-0.2, -0.15) is 0 Å². The van der Waals surface area contributed by atoms with E-state index in [1.807, 2.05) is 6.79 Å². The lowest BCUT2D eigenvalue weighted by Crippen LogP contribution is -2.16. The Kier molecular flexibility index (Phi) is 13.3. The van der Waals surface area contributed by atoms with Gasteiger partial charge in [0.25, 0.3) is 0 Å². The van der Waals surface area contributed by atoms with Crippen molar-refractivity contribution in [3.8, 4) is 0 Å². The number of carbonyl (C=O) groups is 1. The predicted molar refractivity (Wildman–Crippen MR) is 32.0 cm³/mol. The normalized spacial score (nSPS) is 8.44. The van der Waals surface area contributed by atoms with Gasteiger partial charge in [0.15, 0.2) is 6.29 Å². The van der Waals surface area contributed by atoms with Crippen LogP contribution in [0.3, 0.4) is 0 Å². The number of carbonyl (C=O) groups excluding carboxylic acids is 1. The second kappa shape index (κ2) is 10.5. The molecule has 0 amide bonds. The van der Waals surface area contributed by atoms with E-state index in [0.717, 1.165) is 0 Å². The third-order valence-electron chi connectivity index (χ3n) is 0.675. The number of aliphatic hydroxyl groups is 1. The van der Waals surface area contributed by atoms with E-state index in [2.05, 4.69) is 9.47 Å². The SMILES string of the molecule is C=O.COC(CO)OC. The second-order valence-electron chi connectivity index (χ2n) is 1.08. The van der Waals surface area contributed by atoms with E-state index in [1.54, 1.807) is 0 Å². The topological polar surface area (TPSA) is 55.8 Å². The van der Waals surface area contributed by atoms with Crippen molar-refractivity contribution in [3.05, 3.63) is 0 Å². The highest BCUT2D eigenvalue weighted by Gasteiger charge is 1.98. The van der Waals surface area contributed by atoms with Crippen LogP contribution < -0.4 is 0 Å². The molecule has 0 aromatic heterocycles. The number of ether oxygens (including phenoxy) is 2. The Bertz CT molecular complexity index is 38.7. The number of hydrogen-bond donors (Lipinski definition) is 1. The van der Waals surface area contributed by atoms with Crippen molar-refractivity contribution < 1.29 is 19.4 Å². The van der Waals surface area contributed by atoms with Crippen LogP contribution in [0, 0.1) is 0 Å². The van der Waals surface area contributed by atoms with E-state index in [4.69, 9.17) is 9.90 Å². The molecule has 1 N–H and O–H groups in total. The molecule has 0 rings (SSSR count). The average Bonchev–Trinajstić information content (AvgIpc) is 1.96. The molecule has 0 spiro atoms. The third kappa shape index (κ3) is 7.55. The van der Waals surface area contributed by atoms with Gasteiger partial charge < -0.3 is 19.4 Å². The highest BCUT2D eigenvalue weighted by Crippen LogP contribution is 1.84. The summed E-state index contributed by atoms with van der Waals surface area (Å²) in [5, 5.41) is 8.28. The van der Waals surface area contributed by atoms with E-state index in [0.29, 0.717) is 0 Å². The van der Waals surface area contributed by atoms with Gasteiger partial charge in [-0.25, -0.2) is 0 Å². The first-order valence-corrected chi connectivity index (χ1v) is 2.30.